The van der Waals surface area contributed by atoms with Crippen LogP contribution in [0.15, 0.2) is 15.8 Å². The molecule has 2 saturated heterocycles. The molecule has 0 radical (unpaired) electrons. The van der Waals surface area contributed by atoms with Crippen molar-refractivity contribution in [2.24, 2.45) is 0 Å². The Balaban J connectivity index is 1.64. The molecule has 3 N–H and O–H groups in total. The zero-order valence-corrected chi connectivity index (χ0v) is 15.1. The average molecular weight is 391 g/mol. The lowest BCUT2D eigenvalue weighted by Gasteiger charge is -2.30. The van der Waals surface area contributed by atoms with E-state index in [9.17, 15) is 24.2 Å². The molecule has 1 unspecified atom stereocenters. The summed E-state index contributed by atoms with van der Waals surface area (Å²) in [7, 11) is -4.02. The zero-order chi connectivity index (χ0) is 18.9. The van der Waals surface area contributed by atoms with E-state index in [-0.39, 0.29) is 26.1 Å². The first-order valence-corrected chi connectivity index (χ1v) is 9.77. The quantitative estimate of drug-likeness (QED) is 0.535. The number of hydrogen-bond donors (Lipinski definition) is 3. The van der Waals surface area contributed by atoms with Crippen molar-refractivity contribution >= 4 is 7.75 Å². The number of nitrogens with zero attached hydrogens (tertiary/aromatic N) is 2. The van der Waals surface area contributed by atoms with Crippen molar-refractivity contribution in [2.45, 2.75) is 31.8 Å². The summed E-state index contributed by atoms with van der Waals surface area (Å²) in [6.07, 6.45) is -1.22. The highest BCUT2D eigenvalue weighted by atomic mass is 31.2. The molecule has 146 valence electrons. The van der Waals surface area contributed by atoms with Crippen LogP contribution in [0, 0.1) is 6.92 Å². The predicted octanol–water partition coefficient (Wildman–Crippen LogP) is -1.06. The number of hydrogen-bond acceptors (Lipinski definition) is 7. The molecule has 1 aromatic rings. The molecule has 2 fully saturated rings. The number of rotatable bonds is 5. The van der Waals surface area contributed by atoms with Crippen molar-refractivity contribution in [1.29, 1.82) is 0 Å². The van der Waals surface area contributed by atoms with Crippen LogP contribution in [0.1, 0.15) is 18.2 Å². The third-order valence-electron chi connectivity index (χ3n) is 4.41. The highest BCUT2D eigenvalue weighted by Gasteiger charge is 2.39. The smallest absolute Gasteiger partial charge is 0.390 e. The fraction of sp³-hybridized carbons (Fsp3) is 0.714. The van der Waals surface area contributed by atoms with E-state index in [0.29, 0.717) is 18.8 Å². The van der Waals surface area contributed by atoms with Gasteiger partial charge in [-0.2, -0.15) is 0 Å². The first kappa shape index (κ1) is 19.4. The van der Waals surface area contributed by atoms with Gasteiger partial charge >= 0.3 is 13.4 Å². The molecule has 11 nitrogen and oxygen atoms in total. The number of ether oxygens (including phenoxy) is 2. The lowest BCUT2D eigenvalue weighted by atomic mass is 10.2. The Kier molecular flexibility index (Phi) is 5.78. The van der Waals surface area contributed by atoms with Gasteiger partial charge in [-0.1, -0.05) is 0 Å². The highest BCUT2D eigenvalue weighted by Crippen LogP contribution is 2.47. The molecule has 4 atom stereocenters. The Bertz CT molecular complexity index is 802. The Hall–Kier alpha value is -1.33. The summed E-state index contributed by atoms with van der Waals surface area (Å²) in [4.78, 5) is 35.6. The van der Waals surface area contributed by atoms with Gasteiger partial charge in [0.1, 0.15) is 12.3 Å². The van der Waals surface area contributed by atoms with Crippen molar-refractivity contribution < 1.29 is 28.6 Å². The van der Waals surface area contributed by atoms with Crippen molar-refractivity contribution in [3.05, 3.63) is 32.6 Å². The second-order valence-electron chi connectivity index (χ2n) is 6.26. The van der Waals surface area contributed by atoms with E-state index in [0.717, 1.165) is 0 Å². The number of morpholine rings is 1. The largest absolute Gasteiger partial charge is 0.405 e. The molecule has 0 bridgehead atoms. The Morgan fingerprint density at radius 3 is 2.77 bits per heavy atom. The van der Waals surface area contributed by atoms with E-state index < -0.39 is 37.4 Å². The number of aliphatic hydroxyl groups excluding tert-OH is 1. The van der Waals surface area contributed by atoms with Crippen LogP contribution in [0.5, 0.6) is 0 Å². The fourth-order valence-electron chi connectivity index (χ4n) is 2.89. The molecule has 3 rings (SSSR count). The molecule has 12 heteroatoms. The number of H-pyrrole nitrogens is 1. The number of aromatic amines is 1. The molecule has 3 heterocycles. The maximum Gasteiger partial charge on any atom is 0.405 e. The monoisotopic (exact) mass is 391 g/mol. The van der Waals surface area contributed by atoms with Crippen molar-refractivity contribution in [2.75, 3.05) is 32.9 Å². The first-order valence-electron chi connectivity index (χ1n) is 8.24. The summed E-state index contributed by atoms with van der Waals surface area (Å²) < 4.78 is 30.6. The molecule has 0 aromatic carbocycles. The van der Waals surface area contributed by atoms with Crippen LogP contribution in [0.3, 0.4) is 0 Å². The van der Waals surface area contributed by atoms with Gasteiger partial charge in [-0.25, -0.2) is 14.0 Å². The van der Waals surface area contributed by atoms with Gasteiger partial charge < -0.3 is 19.5 Å². The third kappa shape index (κ3) is 4.15. The van der Waals surface area contributed by atoms with Gasteiger partial charge in [0.05, 0.1) is 25.9 Å². The molecule has 2 aliphatic heterocycles. The van der Waals surface area contributed by atoms with Crippen molar-refractivity contribution in [3.63, 3.8) is 0 Å². The summed E-state index contributed by atoms with van der Waals surface area (Å²) in [5.41, 5.74) is -0.813. The topological polar surface area (TPSA) is 143 Å². The minimum absolute atomic E-state index is 0.0900. The second-order valence-corrected chi connectivity index (χ2v) is 8.07. The number of nitrogens with one attached hydrogen (secondary N) is 1. The maximum absolute atomic E-state index is 12.3. The molecular weight excluding hydrogens is 369 g/mol. The van der Waals surface area contributed by atoms with E-state index in [1.807, 2.05) is 0 Å². The summed E-state index contributed by atoms with van der Waals surface area (Å²) >= 11 is 0. The number of aliphatic hydroxyl groups is 1. The standard InChI is InChI=1S/C14H22N3O8P/c1-9-7-17(14(20)15-13(9)19)12-6-10(18)11(25-12)8-24-26(21,22)16-2-4-23-5-3-16/h7,10-12,18H,2-6,8H2,1H3,(H,21,22)(H,15,19,20)/t10-,11+,12+/m0/s1. The molecule has 0 spiro atoms. The Labute approximate surface area is 148 Å². The van der Waals surface area contributed by atoms with Crippen molar-refractivity contribution in [1.82, 2.24) is 14.2 Å². The van der Waals surface area contributed by atoms with Crippen LogP contribution in [0.2, 0.25) is 0 Å². The molecule has 0 aliphatic carbocycles. The van der Waals surface area contributed by atoms with Gasteiger partial charge in [0, 0.05) is 31.3 Å². The van der Waals surface area contributed by atoms with Crippen LogP contribution in [0.25, 0.3) is 0 Å². The SMILES string of the molecule is Cc1cn([C@H]2C[C@H](O)[C@@H](COP(=O)(O)N3CCOCC3)O2)c(=O)[nH]c1=O. The van der Waals surface area contributed by atoms with Crippen LogP contribution < -0.4 is 11.2 Å². The highest BCUT2D eigenvalue weighted by molar-refractivity contribution is 7.50. The van der Waals surface area contributed by atoms with Crippen LogP contribution in [0.4, 0.5) is 0 Å². The van der Waals surface area contributed by atoms with Gasteiger partial charge in [0.25, 0.3) is 5.56 Å². The minimum Gasteiger partial charge on any atom is -0.390 e. The van der Waals surface area contributed by atoms with Crippen molar-refractivity contribution in [3.8, 4) is 0 Å². The molecule has 26 heavy (non-hydrogen) atoms. The third-order valence-corrected chi connectivity index (χ3v) is 6.01. The number of aromatic nitrogens is 2. The summed E-state index contributed by atoms with van der Waals surface area (Å²) in [5.74, 6) is 0. The minimum atomic E-state index is -4.02. The van der Waals surface area contributed by atoms with E-state index in [4.69, 9.17) is 14.0 Å². The van der Waals surface area contributed by atoms with E-state index in [2.05, 4.69) is 4.98 Å². The van der Waals surface area contributed by atoms with Gasteiger partial charge in [-0.05, 0) is 6.92 Å². The Morgan fingerprint density at radius 1 is 1.38 bits per heavy atom. The summed E-state index contributed by atoms with van der Waals surface area (Å²) in [6.45, 7) is 2.47. The zero-order valence-electron chi connectivity index (χ0n) is 14.2. The van der Waals surface area contributed by atoms with Crippen LogP contribution in [-0.2, 0) is 18.6 Å². The molecule has 2 aliphatic rings. The normalized spacial score (nSPS) is 29.6. The first-order chi connectivity index (χ1) is 12.3. The van der Waals surface area contributed by atoms with E-state index in [1.54, 1.807) is 6.92 Å². The lowest BCUT2D eigenvalue weighted by Crippen LogP contribution is -2.35. The van der Waals surface area contributed by atoms with E-state index >= 15 is 0 Å². The van der Waals surface area contributed by atoms with Crippen LogP contribution >= 0.6 is 7.75 Å². The number of aryl methyl sites for hydroxylation is 1. The maximum atomic E-state index is 12.3. The van der Waals surface area contributed by atoms with Gasteiger partial charge in [0.15, 0.2) is 0 Å². The molecule has 1 aromatic heterocycles. The van der Waals surface area contributed by atoms with Gasteiger partial charge in [-0.15, -0.1) is 0 Å². The molecule has 0 amide bonds. The Morgan fingerprint density at radius 2 is 2.08 bits per heavy atom. The fourth-order valence-corrected chi connectivity index (χ4v) is 4.07. The predicted molar refractivity (Wildman–Crippen MR) is 88.8 cm³/mol. The van der Waals surface area contributed by atoms with Gasteiger partial charge in [0.2, 0.25) is 0 Å². The molecule has 0 saturated carbocycles. The lowest BCUT2D eigenvalue weighted by molar-refractivity contribution is -0.0456. The summed E-state index contributed by atoms with van der Waals surface area (Å²) in [6, 6.07) is 0. The van der Waals surface area contributed by atoms with E-state index in [1.165, 1.54) is 15.4 Å². The second kappa shape index (κ2) is 7.73. The van der Waals surface area contributed by atoms with Crippen LogP contribution in [-0.4, -0.2) is 69.3 Å². The average Bonchev–Trinajstić information content (AvgIpc) is 2.98. The molecular formula is C14H22N3O8P. The summed E-state index contributed by atoms with van der Waals surface area (Å²) in [5, 5.41) is 10.1. The van der Waals surface area contributed by atoms with Gasteiger partial charge in [-0.3, -0.25) is 18.9 Å².